The predicted octanol–water partition coefficient (Wildman–Crippen LogP) is 1.07. The molecule has 1 aromatic heterocycles. The summed E-state index contributed by atoms with van der Waals surface area (Å²) in [4.78, 5) is 6.68. The number of aliphatic hydroxyl groups excluding tert-OH is 1. The number of rotatable bonds is 5. The fourth-order valence-electron chi connectivity index (χ4n) is 2.13. The summed E-state index contributed by atoms with van der Waals surface area (Å²) < 4.78 is 0. The van der Waals surface area contributed by atoms with Gasteiger partial charge < -0.3 is 15.7 Å². The van der Waals surface area contributed by atoms with Crippen LogP contribution in [0.3, 0.4) is 0 Å². The van der Waals surface area contributed by atoms with Gasteiger partial charge in [-0.15, -0.1) is 0 Å². The normalized spacial score (nSPS) is 15.4. The van der Waals surface area contributed by atoms with Crippen molar-refractivity contribution in [2.24, 2.45) is 5.73 Å². The molecule has 4 nitrogen and oxygen atoms in total. The number of hydrogen-bond acceptors (Lipinski definition) is 4. The summed E-state index contributed by atoms with van der Waals surface area (Å²) in [6, 6.07) is 2.32. The topological polar surface area (TPSA) is 62.4 Å². The zero-order valence-electron chi connectivity index (χ0n) is 9.67. The first-order chi connectivity index (χ1) is 8.24. The van der Waals surface area contributed by atoms with Gasteiger partial charge in [-0.3, -0.25) is 4.98 Å². The van der Waals surface area contributed by atoms with Crippen molar-refractivity contribution < 1.29 is 5.11 Å². The number of aromatic nitrogens is 1. The third-order valence-electron chi connectivity index (χ3n) is 3.23. The second-order valence-corrected chi connectivity index (χ2v) is 4.70. The summed E-state index contributed by atoms with van der Waals surface area (Å²) in [6.07, 6.45) is 7.03. The van der Waals surface area contributed by atoms with E-state index < -0.39 is 0 Å². The lowest BCUT2D eigenvalue weighted by Crippen LogP contribution is -2.43. The van der Waals surface area contributed by atoms with Crippen LogP contribution in [-0.2, 0) is 0 Å². The van der Waals surface area contributed by atoms with Crippen LogP contribution in [0.25, 0.3) is 0 Å². The molecule has 0 saturated heterocycles. The molecule has 0 atom stereocenters. The second-order valence-electron chi connectivity index (χ2n) is 4.26. The zero-order chi connectivity index (χ0) is 12.3. The second kappa shape index (κ2) is 5.42. The Labute approximate surface area is 106 Å². The fraction of sp³-hybridized carbons (Fsp3) is 0.500. The minimum atomic E-state index is 0.127. The molecule has 0 spiro atoms. The molecule has 0 unspecified atom stereocenters. The zero-order valence-corrected chi connectivity index (χ0v) is 10.5. The summed E-state index contributed by atoms with van der Waals surface area (Å²) >= 11 is 5.05. The minimum Gasteiger partial charge on any atom is -0.395 e. The molecule has 1 saturated carbocycles. The first-order valence-electron chi connectivity index (χ1n) is 5.85. The van der Waals surface area contributed by atoms with Crippen molar-refractivity contribution in [2.45, 2.75) is 25.3 Å². The number of thiocarbonyl (C=S) groups is 1. The molecular weight excluding hydrogens is 234 g/mol. The molecule has 0 bridgehead atoms. The Morgan fingerprint density at radius 3 is 2.88 bits per heavy atom. The van der Waals surface area contributed by atoms with E-state index >= 15 is 0 Å². The van der Waals surface area contributed by atoms with Crippen molar-refractivity contribution in [1.29, 1.82) is 0 Å². The van der Waals surface area contributed by atoms with Gasteiger partial charge in [0.05, 0.1) is 18.5 Å². The molecule has 0 amide bonds. The van der Waals surface area contributed by atoms with Crippen LogP contribution in [-0.4, -0.2) is 34.3 Å². The molecular formula is C12H17N3OS. The average Bonchev–Trinajstić information content (AvgIpc) is 2.26. The van der Waals surface area contributed by atoms with Gasteiger partial charge in [0.15, 0.2) is 0 Å². The van der Waals surface area contributed by atoms with Crippen LogP contribution < -0.4 is 10.6 Å². The van der Waals surface area contributed by atoms with Crippen LogP contribution in [0.2, 0.25) is 0 Å². The molecule has 1 heterocycles. The monoisotopic (exact) mass is 251 g/mol. The van der Waals surface area contributed by atoms with E-state index in [0.717, 1.165) is 24.1 Å². The van der Waals surface area contributed by atoms with Gasteiger partial charge in [-0.25, -0.2) is 0 Å². The van der Waals surface area contributed by atoms with E-state index in [2.05, 4.69) is 9.88 Å². The Bertz CT molecular complexity index is 406. The number of nitrogens with zero attached hydrogens (tertiary/aromatic N) is 2. The first kappa shape index (κ1) is 12.3. The van der Waals surface area contributed by atoms with Crippen LogP contribution in [0.15, 0.2) is 18.5 Å². The summed E-state index contributed by atoms with van der Waals surface area (Å²) in [7, 11) is 0. The molecule has 5 heteroatoms. The van der Waals surface area contributed by atoms with Crippen molar-refractivity contribution >= 4 is 22.9 Å². The minimum absolute atomic E-state index is 0.127. The fourth-order valence-corrected chi connectivity index (χ4v) is 2.30. The van der Waals surface area contributed by atoms with E-state index in [9.17, 15) is 0 Å². The molecule has 1 fully saturated rings. The third-order valence-corrected chi connectivity index (χ3v) is 3.45. The summed E-state index contributed by atoms with van der Waals surface area (Å²) in [5, 5.41) is 9.17. The highest BCUT2D eigenvalue weighted by Gasteiger charge is 2.26. The van der Waals surface area contributed by atoms with Crippen LogP contribution in [0.5, 0.6) is 0 Å². The smallest absolute Gasteiger partial charge is 0.106 e. The van der Waals surface area contributed by atoms with Crippen molar-refractivity contribution in [3.63, 3.8) is 0 Å². The average molecular weight is 251 g/mol. The quantitative estimate of drug-likeness (QED) is 0.766. The first-order valence-corrected chi connectivity index (χ1v) is 6.26. The lowest BCUT2D eigenvalue weighted by Gasteiger charge is -2.39. The molecule has 1 aromatic rings. The van der Waals surface area contributed by atoms with Gasteiger partial charge >= 0.3 is 0 Å². The Morgan fingerprint density at radius 2 is 2.35 bits per heavy atom. The lowest BCUT2D eigenvalue weighted by molar-refractivity contribution is 0.283. The maximum absolute atomic E-state index is 9.17. The summed E-state index contributed by atoms with van der Waals surface area (Å²) in [5.74, 6) is 0. The summed E-state index contributed by atoms with van der Waals surface area (Å²) in [5.41, 5.74) is 7.51. The van der Waals surface area contributed by atoms with Gasteiger partial charge in [-0.05, 0) is 25.3 Å². The van der Waals surface area contributed by atoms with E-state index in [-0.39, 0.29) is 6.61 Å². The standard InChI is InChI=1S/C12H17N3OS/c13-12(17)10-4-5-14-8-11(10)15(6-7-16)9-2-1-3-9/h4-5,8-9,16H,1-3,6-7H2,(H2,13,17). The van der Waals surface area contributed by atoms with E-state index in [1.54, 1.807) is 12.4 Å². The molecule has 2 rings (SSSR count). The van der Waals surface area contributed by atoms with E-state index in [1.807, 2.05) is 6.07 Å². The van der Waals surface area contributed by atoms with Crippen molar-refractivity contribution in [3.05, 3.63) is 24.0 Å². The van der Waals surface area contributed by atoms with Gasteiger partial charge in [0.2, 0.25) is 0 Å². The molecule has 1 aliphatic rings. The largest absolute Gasteiger partial charge is 0.395 e. The Hall–Kier alpha value is -1.20. The Balaban J connectivity index is 2.30. The number of pyridine rings is 1. The van der Waals surface area contributed by atoms with Gasteiger partial charge in [0, 0.05) is 24.3 Å². The van der Waals surface area contributed by atoms with Gasteiger partial charge in [0.25, 0.3) is 0 Å². The predicted molar refractivity (Wildman–Crippen MR) is 72.2 cm³/mol. The molecule has 0 aliphatic heterocycles. The maximum atomic E-state index is 9.17. The number of hydrogen-bond donors (Lipinski definition) is 2. The van der Waals surface area contributed by atoms with E-state index in [4.69, 9.17) is 23.1 Å². The molecule has 0 aromatic carbocycles. The Kier molecular flexibility index (Phi) is 3.91. The van der Waals surface area contributed by atoms with E-state index in [0.29, 0.717) is 17.6 Å². The van der Waals surface area contributed by atoms with Crippen LogP contribution in [0.4, 0.5) is 5.69 Å². The van der Waals surface area contributed by atoms with Gasteiger partial charge in [-0.2, -0.15) is 0 Å². The molecule has 3 N–H and O–H groups in total. The van der Waals surface area contributed by atoms with E-state index in [1.165, 1.54) is 6.42 Å². The molecule has 92 valence electrons. The molecule has 0 radical (unpaired) electrons. The number of aliphatic hydroxyl groups is 1. The highest BCUT2D eigenvalue weighted by atomic mass is 32.1. The van der Waals surface area contributed by atoms with Crippen molar-refractivity contribution in [1.82, 2.24) is 4.98 Å². The molecule has 1 aliphatic carbocycles. The lowest BCUT2D eigenvalue weighted by atomic mass is 9.90. The SMILES string of the molecule is NC(=S)c1ccncc1N(CCO)C1CCC1. The number of nitrogens with two attached hydrogens (primary N) is 1. The van der Waals surface area contributed by atoms with Crippen molar-refractivity contribution in [2.75, 3.05) is 18.1 Å². The highest BCUT2D eigenvalue weighted by Crippen LogP contribution is 2.30. The summed E-state index contributed by atoms with van der Waals surface area (Å²) in [6.45, 7) is 0.730. The van der Waals surface area contributed by atoms with Crippen LogP contribution in [0, 0.1) is 0 Å². The van der Waals surface area contributed by atoms with Gasteiger partial charge in [0.1, 0.15) is 4.99 Å². The van der Waals surface area contributed by atoms with Crippen LogP contribution >= 0.6 is 12.2 Å². The number of anilines is 1. The van der Waals surface area contributed by atoms with Gasteiger partial charge in [-0.1, -0.05) is 12.2 Å². The Morgan fingerprint density at radius 1 is 1.59 bits per heavy atom. The maximum Gasteiger partial charge on any atom is 0.106 e. The van der Waals surface area contributed by atoms with Crippen molar-refractivity contribution in [3.8, 4) is 0 Å². The van der Waals surface area contributed by atoms with Crippen LogP contribution in [0.1, 0.15) is 24.8 Å². The third kappa shape index (κ3) is 2.56. The highest BCUT2D eigenvalue weighted by molar-refractivity contribution is 7.80. The molecule has 17 heavy (non-hydrogen) atoms.